The number of nitrogens with zero attached hydrogens (tertiary/aromatic N) is 1. The number of anilines is 1. The summed E-state index contributed by atoms with van der Waals surface area (Å²) in [6, 6.07) is 12.0. The van der Waals surface area contributed by atoms with E-state index in [1.807, 2.05) is 44.2 Å². The lowest BCUT2D eigenvalue weighted by atomic mass is 10.1. The van der Waals surface area contributed by atoms with Gasteiger partial charge < -0.3 is 20.5 Å². The van der Waals surface area contributed by atoms with Gasteiger partial charge in [-0.15, -0.1) is 0 Å². The van der Waals surface area contributed by atoms with Gasteiger partial charge in [-0.2, -0.15) is 0 Å². The van der Waals surface area contributed by atoms with E-state index in [9.17, 15) is 0 Å². The maximum Gasteiger partial charge on any atom is 0.161 e. The van der Waals surface area contributed by atoms with Gasteiger partial charge in [0.1, 0.15) is 19.0 Å². The van der Waals surface area contributed by atoms with Crippen LogP contribution in [0.2, 0.25) is 0 Å². The number of aryl methyl sites for hydroxylation is 2. The molecule has 0 bridgehead atoms. The Morgan fingerprint density at radius 3 is 2.45 bits per heavy atom. The molecule has 3 rings (SSSR count). The third-order valence-electron chi connectivity index (χ3n) is 4.78. The molecule has 1 heterocycles. The second kappa shape index (κ2) is 10.5. The molecule has 2 aromatic rings. The fraction of sp³-hybridized carbons (Fsp3) is 0.250. The van der Waals surface area contributed by atoms with Crippen LogP contribution in [-0.2, 0) is 6.54 Å². The first-order valence-corrected chi connectivity index (χ1v) is 11.4. The summed E-state index contributed by atoms with van der Waals surface area (Å²) < 4.78 is 11.9. The van der Waals surface area contributed by atoms with Crippen molar-refractivity contribution >= 4 is 28.3 Å². The van der Waals surface area contributed by atoms with Crippen LogP contribution in [-0.4, -0.2) is 17.6 Å². The van der Waals surface area contributed by atoms with Crippen LogP contribution in [0.3, 0.4) is 0 Å². The van der Waals surface area contributed by atoms with Crippen LogP contribution >= 0.6 is 22.6 Å². The highest BCUT2D eigenvalue weighted by Crippen LogP contribution is 2.31. The number of hydrogen-bond acceptors (Lipinski definition) is 6. The highest BCUT2D eigenvalue weighted by atomic mass is 127. The molecule has 1 aliphatic rings. The number of ether oxygens (including phenoxy) is 2. The van der Waals surface area contributed by atoms with Crippen LogP contribution in [0.15, 0.2) is 71.5 Å². The van der Waals surface area contributed by atoms with Crippen molar-refractivity contribution in [1.82, 2.24) is 5.32 Å². The van der Waals surface area contributed by atoms with Gasteiger partial charge in [0, 0.05) is 16.5 Å². The number of hydrogen-bond donors (Lipinski definition) is 3. The molecule has 0 unspecified atom stereocenters. The van der Waals surface area contributed by atoms with Gasteiger partial charge in [-0.1, -0.05) is 40.5 Å². The van der Waals surface area contributed by atoms with Gasteiger partial charge in [-0.3, -0.25) is 5.01 Å². The molecular weight excluding hydrogens is 503 g/mol. The lowest BCUT2D eigenvalue weighted by Crippen LogP contribution is -2.37. The summed E-state index contributed by atoms with van der Waals surface area (Å²) in [5.41, 5.74) is 17.9. The van der Waals surface area contributed by atoms with Crippen molar-refractivity contribution in [3.63, 3.8) is 0 Å². The minimum Gasteiger partial charge on any atom is -0.486 e. The lowest BCUT2D eigenvalue weighted by molar-refractivity contribution is 0.171. The summed E-state index contributed by atoms with van der Waals surface area (Å²) in [6.45, 7) is 9.40. The summed E-state index contributed by atoms with van der Waals surface area (Å²) >= 11 is 2.26. The number of allylic oxidation sites excluding steroid dienone is 1. The maximum atomic E-state index is 6.49. The largest absolute Gasteiger partial charge is 0.486 e. The van der Waals surface area contributed by atoms with Gasteiger partial charge in [0.15, 0.2) is 11.5 Å². The maximum absolute atomic E-state index is 6.49. The Morgan fingerprint density at radius 1 is 1.13 bits per heavy atom. The first kappa shape index (κ1) is 22.8. The quantitative estimate of drug-likeness (QED) is 0.126. The van der Waals surface area contributed by atoms with E-state index in [-0.39, 0.29) is 0 Å². The van der Waals surface area contributed by atoms with Crippen LogP contribution in [0.25, 0.3) is 0 Å². The molecular formula is C24H27IN4O2. The number of halogens is 1. The van der Waals surface area contributed by atoms with Crippen LogP contribution in [0.1, 0.15) is 16.7 Å². The van der Waals surface area contributed by atoms with E-state index in [2.05, 4.69) is 52.0 Å². The number of alkyl halides is 1. The number of benzene rings is 2. The minimum atomic E-state index is 0.437. The molecule has 0 aromatic heterocycles. The number of nitrogens with one attached hydrogen (secondary N) is 1. The molecule has 0 fully saturated rings. The number of rotatable bonds is 7. The predicted octanol–water partition coefficient (Wildman–Crippen LogP) is 3.97. The Morgan fingerprint density at radius 2 is 1.81 bits per heavy atom. The molecule has 0 radical (unpaired) electrons. The fourth-order valence-electron chi connectivity index (χ4n) is 3.34. The molecule has 2 aromatic carbocycles. The molecule has 7 heteroatoms. The Hall–Kier alpha value is -2.83. The van der Waals surface area contributed by atoms with Crippen molar-refractivity contribution in [3.8, 4) is 11.5 Å². The first-order valence-electron chi connectivity index (χ1n) is 9.88. The average Bonchev–Trinajstić information content (AvgIpc) is 2.76. The van der Waals surface area contributed by atoms with Gasteiger partial charge in [-0.05, 0) is 67.1 Å². The highest BCUT2D eigenvalue weighted by molar-refractivity contribution is 14.1. The predicted molar refractivity (Wildman–Crippen MR) is 133 cm³/mol. The summed E-state index contributed by atoms with van der Waals surface area (Å²) in [7, 11) is 0. The third-order valence-corrected chi connectivity index (χ3v) is 5.54. The Labute approximate surface area is 197 Å². The summed E-state index contributed by atoms with van der Waals surface area (Å²) in [4.78, 5) is 0. The molecule has 1 aliphatic heterocycles. The summed E-state index contributed by atoms with van der Waals surface area (Å²) in [5.74, 6) is 8.34. The smallest absolute Gasteiger partial charge is 0.161 e. The van der Waals surface area contributed by atoms with Crippen molar-refractivity contribution in [2.24, 2.45) is 11.6 Å². The van der Waals surface area contributed by atoms with E-state index in [1.54, 1.807) is 0 Å². The highest BCUT2D eigenvalue weighted by Gasteiger charge is 2.16. The van der Waals surface area contributed by atoms with Crippen molar-refractivity contribution < 1.29 is 9.47 Å². The molecule has 162 valence electrons. The van der Waals surface area contributed by atoms with E-state index >= 15 is 0 Å². The molecule has 0 amide bonds. The van der Waals surface area contributed by atoms with Crippen LogP contribution in [0.5, 0.6) is 11.5 Å². The molecule has 0 spiro atoms. The third kappa shape index (κ3) is 5.66. The molecule has 0 aliphatic carbocycles. The van der Waals surface area contributed by atoms with Crippen LogP contribution in [0.4, 0.5) is 5.69 Å². The molecule has 0 atom stereocenters. The van der Waals surface area contributed by atoms with Crippen LogP contribution in [0, 0.1) is 13.8 Å². The SMILES string of the molecule is C=C=C=C(NCc1ccc2c(c1)OCCO2)/C(CI)=C(\N)N(N)c1cc(C)cc(C)c1. The summed E-state index contributed by atoms with van der Waals surface area (Å²) in [6.07, 6.45) is 0. The number of hydrazine groups is 1. The van der Waals surface area contributed by atoms with E-state index in [4.69, 9.17) is 21.1 Å². The Bertz CT molecular complexity index is 1060. The Balaban J connectivity index is 1.86. The zero-order valence-corrected chi connectivity index (χ0v) is 20.0. The number of fused-ring (bicyclic) bond motifs is 1. The molecule has 0 saturated carbocycles. The number of nitrogens with two attached hydrogens (primary N) is 2. The van der Waals surface area contributed by atoms with E-state index in [0.29, 0.717) is 35.7 Å². The zero-order valence-electron chi connectivity index (χ0n) is 17.8. The van der Waals surface area contributed by atoms with Crippen LogP contribution < -0.4 is 31.4 Å². The molecule has 0 saturated heterocycles. The first-order chi connectivity index (χ1) is 14.9. The zero-order chi connectivity index (χ0) is 22.4. The van der Waals surface area contributed by atoms with Gasteiger partial charge in [0.25, 0.3) is 0 Å². The second-order valence-electron chi connectivity index (χ2n) is 7.22. The van der Waals surface area contributed by atoms with E-state index < -0.39 is 0 Å². The average molecular weight is 530 g/mol. The Kier molecular flexibility index (Phi) is 7.71. The van der Waals surface area contributed by atoms with Gasteiger partial charge in [0.05, 0.1) is 11.4 Å². The van der Waals surface area contributed by atoms with Gasteiger partial charge in [-0.25, -0.2) is 5.84 Å². The van der Waals surface area contributed by atoms with Crippen molar-refractivity contribution in [1.29, 1.82) is 0 Å². The standard InChI is InChI=1S/C24H27IN4O2/c1-4-5-21(28-15-18-6-7-22-23(13-18)31-9-8-30-22)20(14-25)24(26)29(27)19-11-16(2)10-17(3)12-19/h6-7,10-13,28H,1,8-9,14-15,26-27H2,2-3H3/b24-20+. The van der Waals surface area contributed by atoms with Gasteiger partial charge in [0.2, 0.25) is 0 Å². The van der Waals surface area contributed by atoms with Crippen molar-refractivity contribution in [3.05, 3.63) is 88.2 Å². The fourth-order valence-corrected chi connectivity index (χ4v) is 4.11. The van der Waals surface area contributed by atoms with Gasteiger partial charge >= 0.3 is 0 Å². The lowest BCUT2D eigenvalue weighted by Gasteiger charge is -2.24. The second-order valence-corrected chi connectivity index (χ2v) is 7.98. The van der Waals surface area contributed by atoms with Crippen molar-refractivity contribution in [2.75, 3.05) is 22.7 Å². The summed E-state index contributed by atoms with van der Waals surface area (Å²) in [5, 5.41) is 4.89. The normalized spacial score (nSPS) is 12.9. The minimum absolute atomic E-state index is 0.437. The van der Waals surface area contributed by atoms with E-state index in [0.717, 1.165) is 39.4 Å². The topological polar surface area (TPSA) is 85.8 Å². The molecule has 6 nitrogen and oxygen atoms in total. The molecule has 31 heavy (non-hydrogen) atoms. The van der Waals surface area contributed by atoms with E-state index in [1.165, 1.54) is 5.01 Å². The molecule has 5 N–H and O–H groups in total. The van der Waals surface area contributed by atoms with Crippen molar-refractivity contribution in [2.45, 2.75) is 20.4 Å². The monoisotopic (exact) mass is 530 g/mol.